The van der Waals surface area contributed by atoms with E-state index in [0.717, 1.165) is 0 Å². The first-order valence-corrected chi connectivity index (χ1v) is 4.43. The standard InChI is InChI=1S/C9H20O3/c1-7(2)5-11-9(4)12-6-8(3)10/h7-10H,5-6H2,1-4H3. The number of rotatable bonds is 6. The van der Waals surface area contributed by atoms with Gasteiger partial charge in [-0.15, -0.1) is 0 Å². The lowest BCUT2D eigenvalue weighted by atomic mass is 10.2. The average Bonchev–Trinajstić information content (AvgIpc) is 1.96. The van der Waals surface area contributed by atoms with Gasteiger partial charge in [0.25, 0.3) is 0 Å². The molecule has 0 saturated heterocycles. The monoisotopic (exact) mass is 176 g/mol. The predicted molar refractivity (Wildman–Crippen MR) is 47.9 cm³/mol. The minimum atomic E-state index is -0.421. The van der Waals surface area contributed by atoms with Gasteiger partial charge in [0.05, 0.1) is 19.3 Å². The van der Waals surface area contributed by atoms with Crippen LogP contribution in [-0.4, -0.2) is 30.7 Å². The Morgan fingerprint density at radius 2 is 1.50 bits per heavy atom. The molecule has 12 heavy (non-hydrogen) atoms. The molecule has 1 N–H and O–H groups in total. The quantitative estimate of drug-likeness (QED) is 0.622. The molecule has 0 bridgehead atoms. The highest BCUT2D eigenvalue weighted by Gasteiger charge is 2.04. The third kappa shape index (κ3) is 7.98. The van der Waals surface area contributed by atoms with Crippen molar-refractivity contribution in [1.29, 1.82) is 0 Å². The van der Waals surface area contributed by atoms with Crippen molar-refractivity contribution < 1.29 is 14.6 Å². The molecule has 3 nitrogen and oxygen atoms in total. The Hall–Kier alpha value is -0.120. The van der Waals surface area contributed by atoms with E-state index in [2.05, 4.69) is 13.8 Å². The van der Waals surface area contributed by atoms with E-state index in [0.29, 0.717) is 19.1 Å². The highest BCUT2D eigenvalue weighted by molar-refractivity contribution is 4.44. The van der Waals surface area contributed by atoms with Crippen molar-refractivity contribution in [2.75, 3.05) is 13.2 Å². The Labute approximate surface area is 74.7 Å². The summed E-state index contributed by atoms with van der Waals surface area (Å²) in [6, 6.07) is 0. The largest absolute Gasteiger partial charge is 0.391 e. The summed E-state index contributed by atoms with van der Waals surface area (Å²) in [6.45, 7) is 8.73. The van der Waals surface area contributed by atoms with Crippen LogP contribution in [0.15, 0.2) is 0 Å². The summed E-state index contributed by atoms with van der Waals surface area (Å²) in [5.41, 5.74) is 0. The van der Waals surface area contributed by atoms with Gasteiger partial charge in [-0.2, -0.15) is 0 Å². The van der Waals surface area contributed by atoms with Gasteiger partial charge in [-0.05, 0) is 19.8 Å². The van der Waals surface area contributed by atoms with Crippen LogP contribution in [0.3, 0.4) is 0 Å². The van der Waals surface area contributed by atoms with E-state index in [1.807, 2.05) is 6.92 Å². The second-order valence-corrected chi connectivity index (χ2v) is 3.48. The van der Waals surface area contributed by atoms with E-state index in [-0.39, 0.29) is 6.29 Å². The van der Waals surface area contributed by atoms with Crippen LogP contribution in [0.1, 0.15) is 27.7 Å². The van der Waals surface area contributed by atoms with Crippen molar-refractivity contribution in [1.82, 2.24) is 0 Å². The SMILES string of the molecule is CC(C)COC(C)OCC(C)O. The molecule has 2 atom stereocenters. The highest BCUT2D eigenvalue weighted by atomic mass is 16.7. The highest BCUT2D eigenvalue weighted by Crippen LogP contribution is 1.99. The summed E-state index contributed by atoms with van der Waals surface area (Å²) in [6.07, 6.45) is -0.642. The number of ether oxygens (including phenoxy) is 2. The van der Waals surface area contributed by atoms with Gasteiger partial charge in [0.15, 0.2) is 6.29 Å². The normalized spacial score (nSPS) is 16.5. The minimum Gasteiger partial charge on any atom is -0.391 e. The number of hydrogen-bond acceptors (Lipinski definition) is 3. The van der Waals surface area contributed by atoms with Gasteiger partial charge in [0.1, 0.15) is 0 Å². The maximum absolute atomic E-state index is 8.90. The minimum absolute atomic E-state index is 0.220. The first-order valence-electron chi connectivity index (χ1n) is 4.43. The molecule has 0 aromatic rings. The molecular formula is C9H20O3. The molecule has 0 amide bonds. The van der Waals surface area contributed by atoms with Crippen LogP contribution in [0.25, 0.3) is 0 Å². The molecule has 2 unspecified atom stereocenters. The van der Waals surface area contributed by atoms with Gasteiger partial charge in [-0.25, -0.2) is 0 Å². The zero-order valence-electron chi connectivity index (χ0n) is 8.41. The van der Waals surface area contributed by atoms with Crippen molar-refractivity contribution in [3.63, 3.8) is 0 Å². The third-order valence-corrected chi connectivity index (χ3v) is 1.24. The van der Waals surface area contributed by atoms with Crippen LogP contribution < -0.4 is 0 Å². The van der Waals surface area contributed by atoms with Gasteiger partial charge < -0.3 is 14.6 Å². The van der Waals surface area contributed by atoms with E-state index >= 15 is 0 Å². The number of aliphatic hydroxyl groups is 1. The molecule has 0 aliphatic rings. The van der Waals surface area contributed by atoms with Gasteiger partial charge >= 0.3 is 0 Å². The smallest absolute Gasteiger partial charge is 0.154 e. The Kier molecular flexibility index (Phi) is 6.34. The average molecular weight is 176 g/mol. The molecule has 74 valence electrons. The number of hydrogen-bond donors (Lipinski definition) is 1. The van der Waals surface area contributed by atoms with Crippen LogP contribution in [0.2, 0.25) is 0 Å². The van der Waals surface area contributed by atoms with E-state index in [4.69, 9.17) is 14.6 Å². The van der Waals surface area contributed by atoms with Crippen LogP contribution in [0, 0.1) is 5.92 Å². The predicted octanol–water partition coefficient (Wildman–Crippen LogP) is 1.40. The zero-order valence-corrected chi connectivity index (χ0v) is 8.41. The summed E-state index contributed by atoms with van der Waals surface area (Å²) < 4.78 is 10.5. The number of aliphatic hydroxyl groups excluding tert-OH is 1. The van der Waals surface area contributed by atoms with Gasteiger partial charge in [0, 0.05) is 0 Å². The summed E-state index contributed by atoms with van der Waals surface area (Å²) in [4.78, 5) is 0. The second kappa shape index (κ2) is 6.40. The molecule has 3 heteroatoms. The summed E-state index contributed by atoms with van der Waals surface area (Å²) >= 11 is 0. The summed E-state index contributed by atoms with van der Waals surface area (Å²) in [5.74, 6) is 0.516. The first-order chi connectivity index (χ1) is 5.52. The Bertz CT molecular complexity index is 89.9. The lowest BCUT2D eigenvalue weighted by Gasteiger charge is -2.16. The lowest BCUT2D eigenvalue weighted by molar-refractivity contribution is -0.149. The Morgan fingerprint density at radius 1 is 1.00 bits per heavy atom. The maximum atomic E-state index is 8.90. The van der Waals surface area contributed by atoms with Crippen LogP contribution in [0.4, 0.5) is 0 Å². The maximum Gasteiger partial charge on any atom is 0.154 e. The molecule has 0 aromatic heterocycles. The van der Waals surface area contributed by atoms with Crippen LogP contribution in [0.5, 0.6) is 0 Å². The molecule has 0 aliphatic carbocycles. The van der Waals surface area contributed by atoms with Crippen molar-refractivity contribution in [2.45, 2.75) is 40.1 Å². The second-order valence-electron chi connectivity index (χ2n) is 3.48. The van der Waals surface area contributed by atoms with E-state index in [1.165, 1.54) is 0 Å². The molecular weight excluding hydrogens is 156 g/mol. The molecule has 0 fully saturated rings. The van der Waals surface area contributed by atoms with Gasteiger partial charge in [-0.3, -0.25) is 0 Å². The Morgan fingerprint density at radius 3 is 1.92 bits per heavy atom. The van der Waals surface area contributed by atoms with Crippen molar-refractivity contribution in [3.8, 4) is 0 Å². The third-order valence-electron chi connectivity index (χ3n) is 1.24. The van der Waals surface area contributed by atoms with E-state index in [1.54, 1.807) is 6.92 Å². The fourth-order valence-corrected chi connectivity index (χ4v) is 0.651. The molecule has 0 rings (SSSR count). The topological polar surface area (TPSA) is 38.7 Å². The fourth-order valence-electron chi connectivity index (χ4n) is 0.651. The fraction of sp³-hybridized carbons (Fsp3) is 1.00. The molecule has 0 aromatic carbocycles. The molecule has 0 heterocycles. The molecule has 0 aliphatic heterocycles. The van der Waals surface area contributed by atoms with Crippen molar-refractivity contribution in [2.24, 2.45) is 5.92 Å². The summed E-state index contributed by atoms with van der Waals surface area (Å²) in [5, 5.41) is 8.90. The molecule has 0 radical (unpaired) electrons. The Balaban J connectivity index is 3.27. The summed E-state index contributed by atoms with van der Waals surface area (Å²) in [7, 11) is 0. The van der Waals surface area contributed by atoms with Gasteiger partial charge in [0.2, 0.25) is 0 Å². The van der Waals surface area contributed by atoms with Crippen molar-refractivity contribution in [3.05, 3.63) is 0 Å². The molecule has 0 spiro atoms. The van der Waals surface area contributed by atoms with Crippen LogP contribution in [-0.2, 0) is 9.47 Å². The van der Waals surface area contributed by atoms with E-state index < -0.39 is 6.10 Å². The van der Waals surface area contributed by atoms with E-state index in [9.17, 15) is 0 Å². The first kappa shape index (κ1) is 11.9. The molecule has 0 saturated carbocycles. The van der Waals surface area contributed by atoms with Crippen LogP contribution >= 0.6 is 0 Å². The zero-order chi connectivity index (χ0) is 9.56. The van der Waals surface area contributed by atoms with Crippen molar-refractivity contribution >= 4 is 0 Å². The van der Waals surface area contributed by atoms with Gasteiger partial charge in [-0.1, -0.05) is 13.8 Å². The lowest BCUT2D eigenvalue weighted by Crippen LogP contribution is -2.21.